The van der Waals surface area contributed by atoms with E-state index < -0.39 is 0 Å². The molecule has 1 unspecified atom stereocenters. The Morgan fingerprint density at radius 3 is 1.71 bits per heavy atom. The summed E-state index contributed by atoms with van der Waals surface area (Å²) in [4.78, 5) is 0. The van der Waals surface area contributed by atoms with E-state index in [2.05, 4.69) is 0 Å². The molecule has 3 heteroatoms. The molecule has 3 rings (SSSR count). The Morgan fingerprint density at radius 2 is 1.29 bits per heavy atom. The number of hydrogen-bond donors (Lipinski definition) is 3. The van der Waals surface area contributed by atoms with Crippen LogP contribution in [0.3, 0.4) is 0 Å². The van der Waals surface area contributed by atoms with Crippen LogP contribution in [0.1, 0.15) is 36.8 Å². The van der Waals surface area contributed by atoms with Gasteiger partial charge in [-0.2, -0.15) is 0 Å². The minimum absolute atomic E-state index is 0.0420. The first-order chi connectivity index (χ1) is 10.1. The fourth-order valence-corrected chi connectivity index (χ4v) is 3.60. The maximum absolute atomic E-state index is 9.55. The van der Waals surface area contributed by atoms with E-state index in [1.807, 2.05) is 24.3 Å². The third-order valence-electron chi connectivity index (χ3n) is 4.73. The number of aromatic hydroxyl groups is 2. The molecule has 21 heavy (non-hydrogen) atoms. The smallest absolute Gasteiger partial charge is 0.115 e. The Hall–Kier alpha value is -2.00. The Labute approximate surface area is 125 Å². The van der Waals surface area contributed by atoms with Crippen molar-refractivity contribution in [3.8, 4) is 11.5 Å². The molecule has 4 N–H and O–H groups in total. The minimum Gasteiger partial charge on any atom is -0.508 e. The molecule has 0 amide bonds. The second kappa shape index (κ2) is 5.41. The minimum atomic E-state index is -0.236. The van der Waals surface area contributed by atoms with Gasteiger partial charge in [-0.1, -0.05) is 37.1 Å². The van der Waals surface area contributed by atoms with E-state index in [1.165, 1.54) is 0 Å². The fourth-order valence-electron chi connectivity index (χ4n) is 3.60. The molecule has 1 aliphatic rings. The average molecular weight is 283 g/mol. The summed E-state index contributed by atoms with van der Waals surface area (Å²) >= 11 is 0. The monoisotopic (exact) mass is 283 g/mol. The highest BCUT2D eigenvalue weighted by Crippen LogP contribution is 2.44. The van der Waals surface area contributed by atoms with Crippen molar-refractivity contribution >= 4 is 0 Å². The summed E-state index contributed by atoms with van der Waals surface area (Å²) in [6.45, 7) is 0. The first-order valence-corrected chi connectivity index (χ1v) is 7.47. The molecular formula is C18H21NO2. The van der Waals surface area contributed by atoms with Crippen molar-refractivity contribution in [1.82, 2.24) is 0 Å². The molecule has 2 aromatic rings. The molecule has 1 fully saturated rings. The van der Waals surface area contributed by atoms with Gasteiger partial charge in [0.2, 0.25) is 0 Å². The Balaban J connectivity index is 2.14. The predicted molar refractivity (Wildman–Crippen MR) is 83.4 cm³/mol. The molecule has 2 aromatic carbocycles. The molecule has 0 aromatic heterocycles. The van der Waals surface area contributed by atoms with Crippen LogP contribution in [-0.4, -0.2) is 16.3 Å². The van der Waals surface area contributed by atoms with E-state index in [1.54, 1.807) is 24.3 Å². The molecule has 0 aliphatic heterocycles. The van der Waals surface area contributed by atoms with Crippen molar-refractivity contribution in [3.05, 3.63) is 59.7 Å². The van der Waals surface area contributed by atoms with E-state index in [-0.39, 0.29) is 23.0 Å². The van der Waals surface area contributed by atoms with Crippen LogP contribution < -0.4 is 5.73 Å². The lowest BCUT2D eigenvalue weighted by Gasteiger charge is -2.43. The highest BCUT2D eigenvalue weighted by molar-refractivity contribution is 5.45. The summed E-state index contributed by atoms with van der Waals surface area (Å²) < 4.78 is 0. The second-order valence-corrected chi connectivity index (χ2v) is 5.92. The highest BCUT2D eigenvalue weighted by atomic mass is 16.3. The zero-order valence-electron chi connectivity index (χ0n) is 12.0. The van der Waals surface area contributed by atoms with Crippen LogP contribution in [0.25, 0.3) is 0 Å². The zero-order valence-corrected chi connectivity index (χ0v) is 12.0. The summed E-state index contributed by atoms with van der Waals surface area (Å²) in [5, 5.41) is 19.1. The van der Waals surface area contributed by atoms with Crippen LogP contribution >= 0.6 is 0 Å². The predicted octanol–water partition coefficient (Wildman–Crippen LogP) is 3.29. The van der Waals surface area contributed by atoms with Crippen molar-refractivity contribution < 1.29 is 10.2 Å². The molecule has 110 valence electrons. The van der Waals surface area contributed by atoms with Crippen molar-refractivity contribution in [2.75, 3.05) is 0 Å². The number of rotatable bonds is 2. The maximum atomic E-state index is 9.55. The van der Waals surface area contributed by atoms with E-state index in [0.717, 1.165) is 36.8 Å². The number of benzene rings is 2. The first-order valence-electron chi connectivity index (χ1n) is 7.47. The van der Waals surface area contributed by atoms with Crippen LogP contribution in [0.4, 0.5) is 0 Å². The quantitative estimate of drug-likeness (QED) is 0.792. The van der Waals surface area contributed by atoms with Crippen molar-refractivity contribution in [2.45, 2.75) is 37.1 Å². The largest absolute Gasteiger partial charge is 0.508 e. The lowest BCUT2D eigenvalue weighted by atomic mass is 9.62. The fraction of sp³-hybridized carbons (Fsp3) is 0.333. The van der Waals surface area contributed by atoms with Crippen LogP contribution in [-0.2, 0) is 5.41 Å². The third kappa shape index (κ3) is 2.38. The number of phenols is 2. The van der Waals surface area contributed by atoms with Crippen molar-refractivity contribution in [2.24, 2.45) is 5.73 Å². The molecule has 3 nitrogen and oxygen atoms in total. The molecular weight excluding hydrogens is 262 g/mol. The molecule has 0 saturated heterocycles. The second-order valence-electron chi connectivity index (χ2n) is 5.92. The van der Waals surface area contributed by atoms with Gasteiger partial charge in [-0.3, -0.25) is 0 Å². The molecule has 1 atom stereocenters. The molecule has 0 heterocycles. The van der Waals surface area contributed by atoms with E-state index in [0.29, 0.717) is 0 Å². The molecule has 0 radical (unpaired) electrons. The number of phenolic OH excluding ortho intramolecular Hbond substituents is 2. The topological polar surface area (TPSA) is 66.5 Å². The SMILES string of the molecule is NC1CCCCC1(c1ccc(O)cc1)c1ccc(O)cc1. The van der Waals surface area contributed by atoms with Crippen molar-refractivity contribution in [1.29, 1.82) is 0 Å². The van der Waals surface area contributed by atoms with E-state index in [9.17, 15) is 10.2 Å². The molecule has 0 bridgehead atoms. The van der Waals surface area contributed by atoms with Crippen molar-refractivity contribution in [3.63, 3.8) is 0 Å². The van der Waals surface area contributed by atoms with Gasteiger partial charge in [-0.05, 0) is 48.2 Å². The Bertz CT molecular complexity index is 559. The number of hydrogen-bond acceptors (Lipinski definition) is 3. The summed E-state index contributed by atoms with van der Waals surface area (Å²) in [6, 6.07) is 14.8. The Kier molecular flexibility index (Phi) is 3.60. The van der Waals surface area contributed by atoms with Crippen LogP contribution in [0.5, 0.6) is 11.5 Å². The lowest BCUT2D eigenvalue weighted by molar-refractivity contribution is 0.295. The maximum Gasteiger partial charge on any atom is 0.115 e. The van der Waals surface area contributed by atoms with E-state index in [4.69, 9.17) is 5.73 Å². The standard InChI is InChI=1S/C18H21NO2/c19-17-3-1-2-12-18(17,13-4-8-15(20)9-5-13)14-6-10-16(21)11-7-14/h4-11,17,20-21H,1-3,12,19H2. The van der Waals surface area contributed by atoms with Gasteiger partial charge in [0.05, 0.1) is 0 Å². The molecule has 0 spiro atoms. The summed E-state index contributed by atoms with van der Waals surface area (Å²) in [5.41, 5.74) is 8.57. The highest BCUT2D eigenvalue weighted by Gasteiger charge is 2.41. The zero-order chi connectivity index (χ0) is 14.9. The van der Waals surface area contributed by atoms with Gasteiger partial charge in [0, 0.05) is 11.5 Å². The van der Waals surface area contributed by atoms with Gasteiger partial charge in [-0.25, -0.2) is 0 Å². The lowest BCUT2D eigenvalue weighted by Crippen LogP contribution is -2.48. The summed E-state index contributed by atoms with van der Waals surface area (Å²) in [7, 11) is 0. The van der Waals surface area contributed by atoms with Gasteiger partial charge < -0.3 is 15.9 Å². The van der Waals surface area contributed by atoms with E-state index >= 15 is 0 Å². The van der Waals surface area contributed by atoms with Crippen LogP contribution in [0, 0.1) is 0 Å². The van der Waals surface area contributed by atoms with Gasteiger partial charge in [0.25, 0.3) is 0 Å². The third-order valence-corrected chi connectivity index (χ3v) is 4.73. The van der Waals surface area contributed by atoms with Gasteiger partial charge >= 0.3 is 0 Å². The summed E-state index contributed by atoms with van der Waals surface area (Å²) in [5.74, 6) is 0.535. The van der Waals surface area contributed by atoms with Gasteiger partial charge in [0.1, 0.15) is 11.5 Å². The first kappa shape index (κ1) is 14.0. The molecule has 1 saturated carbocycles. The van der Waals surface area contributed by atoms with Gasteiger partial charge in [-0.15, -0.1) is 0 Å². The van der Waals surface area contributed by atoms with Gasteiger partial charge in [0.15, 0.2) is 0 Å². The van der Waals surface area contributed by atoms with Crippen LogP contribution in [0.2, 0.25) is 0 Å². The molecule has 1 aliphatic carbocycles. The number of nitrogens with two attached hydrogens (primary N) is 1. The van der Waals surface area contributed by atoms with Crippen LogP contribution in [0.15, 0.2) is 48.5 Å². The summed E-state index contributed by atoms with van der Waals surface area (Å²) in [6.07, 6.45) is 4.26. The Morgan fingerprint density at radius 1 is 0.810 bits per heavy atom. The average Bonchev–Trinajstić information content (AvgIpc) is 2.50. The normalized spacial score (nSPS) is 21.1.